The van der Waals surface area contributed by atoms with Crippen LogP contribution in [0.15, 0.2) is 24.7 Å². The van der Waals surface area contributed by atoms with Crippen LogP contribution >= 0.6 is 0 Å². The van der Waals surface area contributed by atoms with E-state index in [1.165, 1.54) is 25.7 Å². The summed E-state index contributed by atoms with van der Waals surface area (Å²) in [5, 5.41) is 3.37. The second-order valence-corrected chi connectivity index (χ2v) is 5.50. The maximum atomic E-state index is 4.74. The molecule has 1 N–H and O–H groups in total. The fourth-order valence-corrected chi connectivity index (χ4v) is 2.77. The van der Waals surface area contributed by atoms with E-state index in [9.17, 15) is 0 Å². The molecule has 0 aliphatic heterocycles. The molecule has 0 atom stereocenters. The summed E-state index contributed by atoms with van der Waals surface area (Å²) in [6, 6.07) is 2.10. The molecule has 0 saturated heterocycles. The molecule has 2 aromatic heterocycles. The second kappa shape index (κ2) is 6.61. The van der Waals surface area contributed by atoms with Crippen LogP contribution in [0.3, 0.4) is 0 Å². The minimum absolute atomic E-state index is 0.561. The Labute approximate surface area is 125 Å². The zero-order valence-electron chi connectivity index (χ0n) is 12.4. The molecule has 110 valence electrons. The van der Waals surface area contributed by atoms with Gasteiger partial charge in [-0.3, -0.25) is 4.98 Å². The van der Waals surface area contributed by atoms with Gasteiger partial charge in [0.2, 0.25) is 0 Å². The summed E-state index contributed by atoms with van der Waals surface area (Å²) in [6.07, 6.45) is 11.2. The van der Waals surface area contributed by atoms with Crippen molar-refractivity contribution >= 4 is 5.82 Å². The van der Waals surface area contributed by atoms with Gasteiger partial charge in [-0.2, -0.15) is 0 Å². The van der Waals surface area contributed by atoms with E-state index >= 15 is 0 Å². The van der Waals surface area contributed by atoms with Gasteiger partial charge in [0, 0.05) is 36.6 Å². The van der Waals surface area contributed by atoms with E-state index in [0.717, 1.165) is 30.2 Å². The Morgan fingerprint density at radius 2 is 2.05 bits per heavy atom. The highest BCUT2D eigenvalue weighted by molar-refractivity contribution is 5.52. The van der Waals surface area contributed by atoms with Crippen LogP contribution in [-0.4, -0.2) is 26.5 Å². The summed E-state index contributed by atoms with van der Waals surface area (Å²) in [4.78, 5) is 17.8. The fourth-order valence-electron chi connectivity index (χ4n) is 2.77. The third-order valence-electron chi connectivity index (χ3n) is 3.87. The van der Waals surface area contributed by atoms with Crippen LogP contribution in [0.4, 0.5) is 5.82 Å². The number of aromatic nitrogens is 4. The number of rotatable bonds is 5. The van der Waals surface area contributed by atoms with Crippen molar-refractivity contribution in [2.45, 2.75) is 44.9 Å². The molecule has 0 aromatic carbocycles. The zero-order chi connectivity index (χ0) is 14.5. The summed E-state index contributed by atoms with van der Waals surface area (Å²) in [5.74, 6) is 2.13. The summed E-state index contributed by atoms with van der Waals surface area (Å²) in [5.41, 5.74) is 1.87. The molecule has 0 radical (unpaired) electrons. The lowest BCUT2D eigenvalue weighted by molar-refractivity contribution is 0.695. The van der Waals surface area contributed by atoms with Crippen LogP contribution in [0.5, 0.6) is 0 Å². The minimum Gasteiger partial charge on any atom is -0.370 e. The Morgan fingerprint density at radius 1 is 1.19 bits per heavy atom. The van der Waals surface area contributed by atoms with Gasteiger partial charge in [-0.25, -0.2) is 15.0 Å². The van der Waals surface area contributed by atoms with Crippen molar-refractivity contribution in [1.82, 2.24) is 19.9 Å². The summed E-state index contributed by atoms with van der Waals surface area (Å²) >= 11 is 0. The van der Waals surface area contributed by atoms with E-state index in [-0.39, 0.29) is 0 Å². The van der Waals surface area contributed by atoms with Crippen molar-refractivity contribution in [2.75, 3.05) is 11.9 Å². The molecule has 5 nitrogen and oxygen atoms in total. The number of hydrogen-bond acceptors (Lipinski definition) is 5. The van der Waals surface area contributed by atoms with Gasteiger partial charge in [-0.15, -0.1) is 0 Å². The van der Waals surface area contributed by atoms with E-state index < -0.39 is 0 Å². The molecule has 0 bridgehead atoms. The average Bonchev–Trinajstić information content (AvgIpc) is 3.08. The first-order valence-corrected chi connectivity index (χ1v) is 7.76. The number of anilines is 1. The Bertz CT molecular complexity index is 578. The first-order chi connectivity index (χ1) is 10.4. The molecule has 0 unspecified atom stereocenters. The van der Waals surface area contributed by atoms with Crippen molar-refractivity contribution in [3.8, 4) is 11.5 Å². The van der Waals surface area contributed by atoms with Crippen molar-refractivity contribution in [1.29, 1.82) is 0 Å². The van der Waals surface area contributed by atoms with Gasteiger partial charge in [0.05, 0.1) is 6.20 Å². The molecule has 1 saturated carbocycles. The fraction of sp³-hybridized carbons (Fsp3) is 0.500. The van der Waals surface area contributed by atoms with Crippen molar-refractivity contribution in [2.24, 2.45) is 0 Å². The molecule has 3 rings (SSSR count). The highest BCUT2D eigenvalue weighted by Crippen LogP contribution is 2.34. The second-order valence-electron chi connectivity index (χ2n) is 5.50. The molecular formula is C16H21N5. The molecule has 2 heterocycles. The molecule has 1 aliphatic carbocycles. The molecular weight excluding hydrogens is 262 g/mol. The number of hydrogen-bond donors (Lipinski definition) is 1. The normalized spacial score (nSPS) is 15.3. The SMILES string of the molecule is CCCNc1cc(C2CCCC2)nc(-c2cnccn2)n1. The number of nitrogens with one attached hydrogen (secondary N) is 1. The van der Waals surface area contributed by atoms with Gasteiger partial charge in [-0.05, 0) is 19.3 Å². The van der Waals surface area contributed by atoms with Crippen LogP contribution in [0.2, 0.25) is 0 Å². The monoisotopic (exact) mass is 283 g/mol. The van der Waals surface area contributed by atoms with Crippen molar-refractivity contribution < 1.29 is 0 Å². The lowest BCUT2D eigenvalue weighted by Gasteiger charge is -2.13. The third-order valence-corrected chi connectivity index (χ3v) is 3.87. The van der Waals surface area contributed by atoms with Crippen LogP contribution < -0.4 is 5.32 Å². The first-order valence-electron chi connectivity index (χ1n) is 7.76. The Balaban J connectivity index is 1.96. The van der Waals surface area contributed by atoms with Gasteiger partial charge in [0.25, 0.3) is 0 Å². The Kier molecular flexibility index (Phi) is 4.38. The molecule has 21 heavy (non-hydrogen) atoms. The van der Waals surface area contributed by atoms with E-state index in [0.29, 0.717) is 11.7 Å². The largest absolute Gasteiger partial charge is 0.370 e. The van der Waals surface area contributed by atoms with E-state index in [1.807, 2.05) is 0 Å². The topological polar surface area (TPSA) is 63.6 Å². The summed E-state index contributed by atoms with van der Waals surface area (Å²) in [7, 11) is 0. The van der Waals surface area contributed by atoms with Gasteiger partial charge in [-0.1, -0.05) is 19.8 Å². The van der Waals surface area contributed by atoms with E-state index in [2.05, 4.69) is 33.3 Å². The van der Waals surface area contributed by atoms with Crippen molar-refractivity contribution in [3.05, 3.63) is 30.4 Å². The van der Waals surface area contributed by atoms with Crippen LogP contribution in [-0.2, 0) is 0 Å². The molecule has 2 aromatic rings. The van der Waals surface area contributed by atoms with Crippen LogP contribution in [0, 0.1) is 0 Å². The molecule has 1 aliphatic rings. The predicted molar refractivity (Wildman–Crippen MR) is 83.0 cm³/mol. The highest BCUT2D eigenvalue weighted by Gasteiger charge is 2.20. The zero-order valence-corrected chi connectivity index (χ0v) is 12.4. The maximum absolute atomic E-state index is 4.74. The van der Waals surface area contributed by atoms with E-state index in [4.69, 9.17) is 4.98 Å². The molecule has 0 amide bonds. The Morgan fingerprint density at radius 3 is 2.76 bits per heavy atom. The lowest BCUT2D eigenvalue weighted by atomic mass is 10.0. The standard InChI is InChI=1S/C16H21N5/c1-2-7-19-15-10-13(12-5-3-4-6-12)20-16(21-15)14-11-17-8-9-18-14/h8-12H,2-7H2,1H3,(H,19,20,21). The summed E-state index contributed by atoms with van der Waals surface area (Å²) in [6.45, 7) is 3.07. The van der Waals surface area contributed by atoms with Gasteiger partial charge < -0.3 is 5.32 Å². The molecule has 5 heteroatoms. The van der Waals surface area contributed by atoms with Crippen LogP contribution in [0.1, 0.15) is 50.6 Å². The van der Waals surface area contributed by atoms with Crippen LogP contribution in [0.25, 0.3) is 11.5 Å². The lowest BCUT2D eigenvalue weighted by Crippen LogP contribution is -2.07. The number of nitrogens with zero attached hydrogens (tertiary/aromatic N) is 4. The Hall–Kier alpha value is -2.04. The highest BCUT2D eigenvalue weighted by atomic mass is 15.0. The first kappa shape index (κ1) is 13.9. The smallest absolute Gasteiger partial charge is 0.182 e. The molecule has 0 spiro atoms. The van der Waals surface area contributed by atoms with Gasteiger partial charge in [0.15, 0.2) is 5.82 Å². The van der Waals surface area contributed by atoms with E-state index in [1.54, 1.807) is 18.6 Å². The average molecular weight is 283 g/mol. The van der Waals surface area contributed by atoms with Gasteiger partial charge >= 0.3 is 0 Å². The minimum atomic E-state index is 0.561. The third kappa shape index (κ3) is 3.35. The summed E-state index contributed by atoms with van der Waals surface area (Å²) < 4.78 is 0. The molecule has 1 fully saturated rings. The van der Waals surface area contributed by atoms with Gasteiger partial charge in [0.1, 0.15) is 11.5 Å². The van der Waals surface area contributed by atoms with Crippen molar-refractivity contribution in [3.63, 3.8) is 0 Å². The predicted octanol–water partition coefficient (Wildman–Crippen LogP) is 3.41. The maximum Gasteiger partial charge on any atom is 0.182 e. The quantitative estimate of drug-likeness (QED) is 0.911.